The van der Waals surface area contributed by atoms with E-state index in [0.717, 1.165) is 19.3 Å². The zero-order valence-electron chi connectivity index (χ0n) is 11.9. The van der Waals surface area contributed by atoms with Gasteiger partial charge in [0.05, 0.1) is 19.9 Å². The molecule has 1 aromatic rings. The van der Waals surface area contributed by atoms with Gasteiger partial charge in [-0.3, -0.25) is 0 Å². The summed E-state index contributed by atoms with van der Waals surface area (Å²) >= 11 is 0. The number of nitrogen functional groups attached to an aromatic ring is 1. The van der Waals surface area contributed by atoms with Gasteiger partial charge in [-0.05, 0) is 18.9 Å². The lowest BCUT2D eigenvalue weighted by Gasteiger charge is -2.34. The number of hydrogen-bond donors (Lipinski definition) is 1. The zero-order chi connectivity index (χ0) is 14.9. The van der Waals surface area contributed by atoms with Crippen molar-refractivity contribution in [3.63, 3.8) is 0 Å². The molecule has 1 fully saturated rings. The normalized spacial score (nSPS) is 16.0. The maximum atomic E-state index is 12.6. The van der Waals surface area contributed by atoms with Gasteiger partial charge in [-0.2, -0.15) is 4.31 Å². The molecule has 0 atom stereocenters. The Hall–Kier alpha value is -1.47. The highest BCUT2D eigenvalue weighted by Crippen LogP contribution is 2.37. The molecule has 112 valence electrons. The van der Waals surface area contributed by atoms with Crippen LogP contribution in [0.5, 0.6) is 11.5 Å². The molecule has 0 heterocycles. The molecule has 1 saturated carbocycles. The van der Waals surface area contributed by atoms with E-state index < -0.39 is 10.0 Å². The third-order valence-corrected chi connectivity index (χ3v) is 5.69. The van der Waals surface area contributed by atoms with Crippen molar-refractivity contribution in [3.05, 3.63) is 12.1 Å². The average Bonchev–Trinajstić information content (AvgIpc) is 2.36. The Balaban J connectivity index is 2.47. The Morgan fingerprint density at radius 3 is 2.25 bits per heavy atom. The van der Waals surface area contributed by atoms with Crippen LogP contribution in [0.1, 0.15) is 19.3 Å². The Morgan fingerprint density at radius 1 is 1.20 bits per heavy atom. The van der Waals surface area contributed by atoms with E-state index in [2.05, 4.69) is 0 Å². The fourth-order valence-electron chi connectivity index (χ4n) is 2.20. The summed E-state index contributed by atoms with van der Waals surface area (Å²) in [5.41, 5.74) is 6.08. The molecule has 6 nitrogen and oxygen atoms in total. The van der Waals surface area contributed by atoms with Crippen LogP contribution >= 0.6 is 0 Å². The van der Waals surface area contributed by atoms with Crippen molar-refractivity contribution in [2.24, 2.45) is 0 Å². The smallest absolute Gasteiger partial charge is 0.246 e. The minimum atomic E-state index is -3.62. The number of nitrogens with two attached hydrogens (primary N) is 1. The van der Waals surface area contributed by atoms with Gasteiger partial charge in [0.2, 0.25) is 10.0 Å². The predicted octanol–water partition coefficient (Wildman–Crippen LogP) is 1.46. The first-order chi connectivity index (χ1) is 9.41. The molecule has 1 aliphatic rings. The molecule has 2 N–H and O–H groups in total. The van der Waals surface area contributed by atoms with Crippen LogP contribution in [0, 0.1) is 0 Å². The van der Waals surface area contributed by atoms with Crippen molar-refractivity contribution in [1.82, 2.24) is 4.31 Å². The number of ether oxygens (including phenoxy) is 2. The number of hydrogen-bond acceptors (Lipinski definition) is 5. The van der Waals surface area contributed by atoms with E-state index in [-0.39, 0.29) is 22.4 Å². The molecular formula is C13H20N2O4S. The summed E-state index contributed by atoms with van der Waals surface area (Å²) in [6, 6.07) is 2.95. The van der Waals surface area contributed by atoms with Gasteiger partial charge in [0.25, 0.3) is 0 Å². The van der Waals surface area contributed by atoms with Crippen LogP contribution in [-0.4, -0.2) is 40.0 Å². The summed E-state index contributed by atoms with van der Waals surface area (Å²) in [5.74, 6) is 0.634. The highest BCUT2D eigenvalue weighted by Gasteiger charge is 2.34. The predicted molar refractivity (Wildman–Crippen MR) is 76.5 cm³/mol. The van der Waals surface area contributed by atoms with Gasteiger partial charge in [-0.25, -0.2) is 8.42 Å². The summed E-state index contributed by atoms with van der Waals surface area (Å²) in [7, 11) is 0.876. The SMILES string of the molecule is COc1cc(OC)c(S(=O)(=O)N(C)C2CCC2)cc1N. The van der Waals surface area contributed by atoms with Gasteiger partial charge in [0, 0.05) is 19.2 Å². The van der Waals surface area contributed by atoms with Crippen LogP contribution in [0.4, 0.5) is 5.69 Å². The van der Waals surface area contributed by atoms with E-state index in [1.807, 2.05) is 0 Å². The van der Waals surface area contributed by atoms with E-state index in [0.29, 0.717) is 5.75 Å². The van der Waals surface area contributed by atoms with Crippen molar-refractivity contribution < 1.29 is 17.9 Å². The monoisotopic (exact) mass is 300 g/mol. The second-order valence-corrected chi connectivity index (χ2v) is 6.82. The molecule has 0 aliphatic heterocycles. The number of methoxy groups -OCH3 is 2. The molecule has 0 aromatic heterocycles. The van der Waals surface area contributed by atoms with Crippen LogP contribution in [0.25, 0.3) is 0 Å². The topological polar surface area (TPSA) is 81.9 Å². The first-order valence-electron chi connectivity index (χ1n) is 6.41. The molecule has 0 bridgehead atoms. The lowest BCUT2D eigenvalue weighted by atomic mass is 9.94. The standard InChI is InChI=1S/C13H20N2O4S/c1-15(9-5-4-6-9)20(16,17)13-7-10(14)11(18-2)8-12(13)19-3/h7-9H,4-6,14H2,1-3H3. The van der Waals surface area contributed by atoms with E-state index in [1.165, 1.54) is 30.7 Å². The van der Waals surface area contributed by atoms with Gasteiger partial charge < -0.3 is 15.2 Å². The summed E-state index contributed by atoms with van der Waals surface area (Å²) in [5, 5.41) is 0. The van der Waals surface area contributed by atoms with E-state index >= 15 is 0 Å². The largest absolute Gasteiger partial charge is 0.495 e. The van der Waals surface area contributed by atoms with Crippen LogP contribution in [-0.2, 0) is 10.0 Å². The Kier molecular flexibility index (Phi) is 4.10. The van der Waals surface area contributed by atoms with Crippen molar-refractivity contribution in [2.45, 2.75) is 30.2 Å². The minimum absolute atomic E-state index is 0.0630. The highest BCUT2D eigenvalue weighted by atomic mass is 32.2. The van der Waals surface area contributed by atoms with Crippen molar-refractivity contribution in [1.29, 1.82) is 0 Å². The number of rotatable bonds is 5. The summed E-state index contributed by atoms with van der Waals surface area (Å²) in [6.07, 6.45) is 2.85. The maximum absolute atomic E-state index is 12.6. The maximum Gasteiger partial charge on any atom is 0.246 e. The highest BCUT2D eigenvalue weighted by molar-refractivity contribution is 7.89. The van der Waals surface area contributed by atoms with Crippen molar-refractivity contribution in [2.75, 3.05) is 27.0 Å². The number of anilines is 1. The van der Waals surface area contributed by atoms with Gasteiger partial charge in [0.1, 0.15) is 16.4 Å². The summed E-state index contributed by atoms with van der Waals surface area (Å²) in [6.45, 7) is 0. The Morgan fingerprint density at radius 2 is 1.80 bits per heavy atom. The first-order valence-corrected chi connectivity index (χ1v) is 7.85. The lowest BCUT2D eigenvalue weighted by Crippen LogP contribution is -2.41. The summed E-state index contributed by atoms with van der Waals surface area (Å²) in [4.78, 5) is 0.0766. The van der Waals surface area contributed by atoms with Gasteiger partial charge in [-0.15, -0.1) is 0 Å². The van der Waals surface area contributed by atoms with Crippen molar-refractivity contribution >= 4 is 15.7 Å². The molecule has 0 saturated heterocycles. The third-order valence-electron chi connectivity index (χ3n) is 3.76. The molecule has 0 unspecified atom stereocenters. The van der Waals surface area contributed by atoms with Gasteiger partial charge in [0.15, 0.2) is 0 Å². The van der Waals surface area contributed by atoms with Gasteiger partial charge in [-0.1, -0.05) is 6.42 Å². The quantitative estimate of drug-likeness (QED) is 0.833. The fourth-order valence-corrected chi connectivity index (χ4v) is 3.78. The second-order valence-electron chi connectivity index (χ2n) is 4.85. The average molecular weight is 300 g/mol. The molecule has 7 heteroatoms. The molecule has 2 rings (SSSR count). The lowest BCUT2D eigenvalue weighted by molar-refractivity contribution is 0.249. The minimum Gasteiger partial charge on any atom is -0.495 e. The molecule has 1 aliphatic carbocycles. The number of benzene rings is 1. The van der Waals surface area contributed by atoms with Crippen LogP contribution < -0.4 is 15.2 Å². The second kappa shape index (κ2) is 5.49. The van der Waals surface area contributed by atoms with Crippen LogP contribution in [0.2, 0.25) is 0 Å². The van der Waals surface area contributed by atoms with Crippen LogP contribution in [0.15, 0.2) is 17.0 Å². The number of nitrogens with zero attached hydrogens (tertiary/aromatic N) is 1. The molecule has 1 aromatic carbocycles. The third kappa shape index (κ3) is 2.43. The van der Waals surface area contributed by atoms with E-state index in [1.54, 1.807) is 7.05 Å². The van der Waals surface area contributed by atoms with Crippen molar-refractivity contribution in [3.8, 4) is 11.5 Å². The van der Waals surface area contributed by atoms with Crippen LogP contribution in [0.3, 0.4) is 0 Å². The summed E-state index contributed by atoms with van der Waals surface area (Å²) < 4.78 is 36.9. The molecule has 0 spiro atoms. The Bertz CT molecular complexity index is 597. The Labute approximate surface area is 119 Å². The first kappa shape index (κ1) is 14.9. The molecule has 0 radical (unpaired) electrons. The molecule has 20 heavy (non-hydrogen) atoms. The molecule has 0 amide bonds. The van der Waals surface area contributed by atoms with E-state index in [4.69, 9.17) is 15.2 Å². The fraction of sp³-hybridized carbons (Fsp3) is 0.538. The zero-order valence-corrected chi connectivity index (χ0v) is 12.7. The van der Waals surface area contributed by atoms with E-state index in [9.17, 15) is 8.42 Å². The number of sulfonamides is 1. The molecular weight excluding hydrogens is 280 g/mol. The van der Waals surface area contributed by atoms with Gasteiger partial charge >= 0.3 is 0 Å².